The monoisotopic (exact) mass is 380 g/mol. The summed E-state index contributed by atoms with van der Waals surface area (Å²) >= 11 is 1.64. The number of ether oxygens (including phenoxy) is 2. The van der Waals surface area contributed by atoms with Crippen LogP contribution in [0.3, 0.4) is 0 Å². The van der Waals surface area contributed by atoms with Gasteiger partial charge in [0.05, 0.1) is 7.11 Å². The summed E-state index contributed by atoms with van der Waals surface area (Å²) < 4.78 is 11.2. The highest BCUT2D eigenvalue weighted by atomic mass is 32.2. The maximum absolute atomic E-state index is 12.5. The third-order valence-corrected chi connectivity index (χ3v) is 4.66. The lowest BCUT2D eigenvalue weighted by molar-refractivity contribution is 0.102. The molecule has 0 saturated heterocycles. The molecule has 1 amide bonds. The van der Waals surface area contributed by atoms with E-state index in [1.54, 1.807) is 49.5 Å². The summed E-state index contributed by atoms with van der Waals surface area (Å²) in [5.41, 5.74) is 2.23. The number of thioether (sulfide) groups is 1. The fourth-order valence-corrected chi connectivity index (χ4v) is 2.86. The number of nitrogens with zero attached hydrogens (tertiary/aromatic N) is 1. The van der Waals surface area contributed by atoms with Crippen LogP contribution >= 0.6 is 11.8 Å². The number of methoxy groups -OCH3 is 1. The molecule has 0 fully saturated rings. The first-order chi connectivity index (χ1) is 13.2. The number of hydrogen-bond donors (Lipinski definition) is 1. The lowest BCUT2D eigenvalue weighted by Gasteiger charge is -2.13. The summed E-state index contributed by atoms with van der Waals surface area (Å²) in [7, 11) is 1.58. The quantitative estimate of drug-likeness (QED) is 0.605. The highest BCUT2D eigenvalue weighted by Gasteiger charge is 2.10. The Morgan fingerprint density at radius 3 is 2.44 bits per heavy atom. The number of aromatic nitrogens is 1. The van der Waals surface area contributed by atoms with Crippen molar-refractivity contribution in [3.63, 3.8) is 0 Å². The molecule has 0 atom stereocenters. The topological polar surface area (TPSA) is 60.5 Å². The van der Waals surface area contributed by atoms with Crippen LogP contribution in [0, 0.1) is 0 Å². The van der Waals surface area contributed by atoms with E-state index < -0.39 is 0 Å². The van der Waals surface area contributed by atoms with Gasteiger partial charge in [-0.25, -0.2) is 0 Å². The highest BCUT2D eigenvalue weighted by molar-refractivity contribution is 7.98. The van der Waals surface area contributed by atoms with Crippen LogP contribution in [0.25, 0.3) is 0 Å². The lowest BCUT2D eigenvalue weighted by Crippen LogP contribution is -2.12. The molecule has 0 radical (unpaired) electrons. The van der Waals surface area contributed by atoms with Crippen LogP contribution in [0.5, 0.6) is 11.5 Å². The number of carbonyl (C=O) groups is 1. The molecule has 0 spiro atoms. The zero-order chi connectivity index (χ0) is 19.1. The van der Waals surface area contributed by atoms with Gasteiger partial charge in [0.25, 0.3) is 5.91 Å². The zero-order valence-corrected chi connectivity index (χ0v) is 16.0. The smallest absolute Gasteiger partial charge is 0.255 e. The van der Waals surface area contributed by atoms with Crippen LogP contribution < -0.4 is 14.8 Å². The Hall–Kier alpha value is -2.99. The molecule has 2 aromatic carbocycles. The number of nitrogens with one attached hydrogen (secondary N) is 1. The molecule has 0 unspecified atom stereocenters. The van der Waals surface area contributed by atoms with Crippen LogP contribution in [0.1, 0.15) is 15.9 Å². The van der Waals surface area contributed by atoms with Crippen LogP contribution in [0.15, 0.2) is 71.9 Å². The van der Waals surface area contributed by atoms with E-state index in [2.05, 4.69) is 10.3 Å². The average molecular weight is 380 g/mol. The van der Waals surface area contributed by atoms with Crippen LogP contribution in [0.2, 0.25) is 0 Å². The summed E-state index contributed by atoms with van der Waals surface area (Å²) in [6, 6.07) is 16.6. The van der Waals surface area contributed by atoms with Gasteiger partial charge in [0, 0.05) is 34.6 Å². The molecule has 0 saturated carbocycles. The minimum Gasteiger partial charge on any atom is -0.493 e. The lowest BCUT2D eigenvalue weighted by atomic mass is 10.2. The molecule has 5 nitrogen and oxygen atoms in total. The predicted octanol–water partition coefficient (Wildman–Crippen LogP) is 4.64. The molecule has 1 N–H and O–H groups in total. The Kier molecular flexibility index (Phi) is 6.33. The largest absolute Gasteiger partial charge is 0.493 e. The van der Waals surface area contributed by atoms with Crippen LogP contribution in [-0.4, -0.2) is 24.3 Å². The number of hydrogen-bond acceptors (Lipinski definition) is 5. The molecule has 1 heterocycles. The normalized spacial score (nSPS) is 10.3. The fraction of sp³-hybridized carbons (Fsp3) is 0.143. The second-order valence-corrected chi connectivity index (χ2v) is 6.57. The molecule has 1 aromatic heterocycles. The Bertz CT molecular complexity index is 899. The van der Waals surface area contributed by atoms with Gasteiger partial charge in [0.1, 0.15) is 6.61 Å². The standard InChI is InChI=1S/C21H20N2O3S/c1-25-19-8-5-17(13-20(19)26-14-15-9-11-22-12-10-15)23-21(24)16-3-6-18(27-2)7-4-16/h3-13H,14H2,1-2H3,(H,23,24). The maximum atomic E-state index is 12.5. The first-order valence-electron chi connectivity index (χ1n) is 8.35. The Morgan fingerprint density at radius 2 is 1.78 bits per heavy atom. The Labute approximate surface area is 162 Å². The van der Waals surface area contributed by atoms with Crippen molar-refractivity contribution in [1.29, 1.82) is 0 Å². The van der Waals surface area contributed by atoms with Crippen molar-refractivity contribution in [2.45, 2.75) is 11.5 Å². The van der Waals surface area contributed by atoms with E-state index in [0.717, 1.165) is 10.5 Å². The molecule has 3 aromatic rings. The number of anilines is 1. The van der Waals surface area contributed by atoms with Gasteiger partial charge in [-0.3, -0.25) is 9.78 Å². The van der Waals surface area contributed by atoms with Crippen molar-refractivity contribution < 1.29 is 14.3 Å². The van der Waals surface area contributed by atoms with Gasteiger partial charge in [0.15, 0.2) is 11.5 Å². The number of benzene rings is 2. The number of amides is 1. The third-order valence-electron chi connectivity index (χ3n) is 3.92. The van der Waals surface area contributed by atoms with Gasteiger partial charge < -0.3 is 14.8 Å². The predicted molar refractivity (Wildman–Crippen MR) is 108 cm³/mol. The number of pyridine rings is 1. The highest BCUT2D eigenvalue weighted by Crippen LogP contribution is 2.31. The van der Waals surface area contributed by atoms with E-state index in [-0.39, 0.29) is 5.91 Å². The molecule has 3 rings (SSSR count). The van der Waals surface area contributed by atoms with E-state index in [4.69, 9.17) is 9.47 Å². The van der Waals surface area contributed by atoms with Gasteiger partial charge in [-0.15, -0.1) is 11.8 Å². The zero-order valence-electron chi connectivity index (χ0n) is 15.1. The van der Waals surface area contributed by atoms with Crippen molar-refractivity contribution in [2.75, 3.05) is 18.7 Å². The molecule has 138 valence electrons. The Morgan fingerprint density at radius 1 is 1.04 bits per heavy atom. The van der Waals surface area contributed by atoms with Crippen molar-refractivity contribution in [3.8, 4) is 11.5 Å². The van der Waals surface area contributed by atoms with Crippen LogP contribution in [0.4, 0.5) is 5.69 Å². The first kappa shape index (κ1) is 18.8. The van der Waals surface area contributed by atoms with E-state index in [1.165, 1.54) is 0 Å². The Balaban J connectivity index is 1.72. The van der Waals surface area contributed by atoms with Gasteiger partial charge in [-0.1, -0.05) is 0 Å². The van der Waals surface area contributed by atoms with Crippen molar-refractivity contribution in [2.24, 2.45) is 0 Å². The second-order valence-electron chi connectivity index (χ2n) is 5.69. The summed E-state index contributed by atoms with van der Waals surface area (Å²) in [6.07, 6.45) is 5.43. The second kappa shape index (κ2) is 9.09. The summed E-state index contributed by atoms with van der Waals surface area (Å²) in [5, 5.41) is 2.89. The summed E-state index contributed by atoms with van der Waals surface area (Å²) in [5.74, 6) is 0.990. The van der Waals surface area contributed by atoms with Gasteiger partial charge in [-0.05, 0) is 60.4 Å². The molecule has 0 aliphatic carbocycles. The van der Waals surface area contributed by atoms with E-state index >= 15 is 0 Å². The molecule has 6 heteroatoms. The van der Waals surface area contributed by atoms with Gasteiger partial charge >= 0.3 is 0 Å². The molecule has 27 heavy (non-hydrogen) atoms. The number of carbonyl (C=O) groups excluding carboxylic acids is 1. The molecular formula is C21H20N2O3S. The molecular weight excluding hydrogens is 360 g/mol. The van der Waals surface area contributed by atoms with Gasteiger partial charge in [0.2, 0.25) is 0 Å². The fourth-order valence-electron chi connectivity index (χ4n) is 2.45. The SMILES string of the molecule is COc1ccc(NC(=O)c2ccc(SC)cc2)cc1OCc1ccncc1. The minimum absolute atomic E-state index is 0.173. The van der Waals surface area contributed by atoms with Crippen molar-refractivity contribution in [3.05, 3.63) is 78.1 Å². The average Bonchev–Trinajstić information content (AvgIpc) is 2.73. The summed E-state index contributed by atoms with van der Waals surface area (Å²) in [4.78, 5) is 17.6. The van der Waals surface area contributed by atoms with E-state index in [9.17, 15) is 4.79 Å². The van der Waals surface area contributed by atoms with Crippen LogP contribution in [-0.2, 0) is 6.61 Å². The maximum Gasteiger partial charge on any atom is 0.255 e. The molecule has 0 bridgehead atoms. The van der Waals surface area contributed by atoms with Gasteiger partial charge in [-0.2, -0.15) is 0 Å². The third kappa shape index (κ3) is 5.01. The van der Waals surface area contributed by atoms with Crippen molar-refractivity contribution >= 4 is 23.4 Å². The minimum atomic E-state index is -0.173. The molecule has 0 aliphatic heterocycles. The number of rotatable bonds is 7. The first-order valence-corrected chi connectivity index (χ1v) is 9.57. The summed E-state index contributed by atoms with van der Waals surface area (Å²) in [6.45, 7) is 0.381. The van der Waals surface area contributed by atoms with E-state index in [0.29, 0.717) is 29.4 Å². The van der Waals surface area contributed by atoms with E-state index in [1.807, 2.05) is 42.7 Å². The van der Waals surface area contributed by atoms with Crippen molar-refractivity contribution in [1.82, 2.24) is 4.98 Å². The molecule has 0 aliphatic rings.